The van der Waals surface area contributed by atoms with Crippen LogP contribution in [0.25, 0.3) is 11.4 Å². The molecule has 7 nitrogen and oxygen atoms in total. The van der Waals surface area contributed by atoms with Crippen LogP contribution in [0.1, 0.15) is 13.8 Å². The third-order valence-corrected chi connectivity index (χ3v) is 5.46. The third-order valence-electron chi connectivity index (χ3n) is 3.32. The van der Waals surface area contributed by atoms with Gasteiger partial charge in [0, 0.05) is 17.5 Å². The molecule has 0 aliphatic carbocycles. The second-order valence-corrected chi connectivity index (χ2v) is 8.07. The molecule has 0 aliphatic heterocycles. The number of hydrogen-bond donors (Lipinski definition) is 1. The van der Waals surface area contributed by atoms with Gasteiger partial charge in [-0.05, 0) is 42.5 Å². The van der Waals surface area contributed by atoms with E-state index in [1.807, 2.05) is 0 Å². The number of nitrogens with zero attached hydrogens (tertiary/aromatic N) is 4. The summed E-state index contributed by atoms with van der Waals surface area (Å²) in [5.41, 5.74) is 6.40. The maximum Gasteiger partial charge on any atom is 0.184 e. The van der Waals surface area contributed by atoms with Gasteiger partial charge in [0.2, 0.25) is 0 Å². The molecule has 0 spiro atoms. The van der Waals surface area contributed by atoms with E-state index < -0.39 is 20.4 Å². The van der Waals surface area contributed by atoms with Crippen LogP contribution in [0.3, 0.4) is 0 Å². The number of anilines is 1. The van der Waals surface area contributed by atoms with Crippen LogP contribution in [-0.2, 0) is 16.4 Å². The van der Waals surface area contributed by atoms with Crippen molar-refractivity contribution in [2.75, 3.05) is 12.0 Å². The van der Waals surface area contributed by atoms with E-state index in [4.69, 9.17) is 5.73 Å². The van der Waals surface area contributed by atoms with Gasteiger partial charge in [-0.2, -0.15) is 0 Å². The Hall–Kier alpha value is -2.03. The molecule has 1 aromatic heterocycles. The Morgan fingerprint density at radius 2 is 2.05 bits per heavy atom. The lowest BCUT2D eigenvalue weighted by molar-refractivity contribution is 0.471. The fourth-order valence-electron chi connectivity index (χ4n) is 1.72. The summed E-state index contributed by atoms with van der Waals surface area (Å²) < 4.78 is 37.0. The summed E-state index contributed by atoms with van der Waals surface area (Å²) in [6, 6.07) is 3.86. The van der Waals surface area contributed by atoms with Crippen LogP contribution in [0.4, 0.5) is 10.1 Å². The van der Waals surface area contributed by atoms with Crippen molar-refractivity contribution in [3.63, 3.8) is 0 Å². The van der Waals surface area contributed by atoms with Gasteiger partial charge < -0.3 is 5.73 Å². The lowest BCUT2D eigenvalue weighted by atomic mass is 10.1. The van der Waals surface area contributed by atoms with Crippen LogP contribution in [-0.4, -0.2) is 39.6 Å². The van der Waals surface area contributed by atoms with Crippen LogP contribution >= 0.6 is 0 Å². The van der Waals surface area contributed by atoms with Gasteiger partial charge in [-0.15, -0.1) is 5.10 Å². The molecule has 2 aromatic rings. The topological polar surface area (TPSA) is 104 Å². The molecule has 0 saturated carbocycles. The Labute approximate surface area is 121 Å². The van der Waals surface area contributed by atoms with E-state index in [1.54, 1.807) is 13.8 Å². The Morgan fingerprint density at radius 3 is 2.62 bits per heavy atom. The summed E-state index contributed by atoms with van der Waals surface area (Å²) in [7, 11) is -3.30. The Bertz CT molecular complexity index is 770. The lowest BCUT2D eigenvalue weighted by Crippen LogP contribution is -2.36. The summed E-state index contributed by atoms with van der Waals surface area (Å²) >= 11 is 0. The molecule has 21 heavy (non-hydrogen) atoms. The van der Waals surface area contributed by atoms with E-state index in [9.17, 15) is 12.8 Å². The third kappa shape index (κ3) is 3.02. The number of aromatic nitrogens is 4. The second-order valence-electron chi connectivity index (χ2n) is 5.42. The molecule has 0 amide bonds. The van der Waals surface area contributed by atoms with Crippen LogP contribution in [0.15, 0.2) is 18.2 Å². The molecule has 2 rings (SSSR count). The minimum Gasteiger partial charge on any atom is -0.398 e. The predicted octanol–water partition coefficient (Wildman–Crippen LogP) is 0.885. The van der Waals surface area contributed by atoms with Gasteiger partial charge >= 0.3 is 0 Å². The SMILES string of the molecule is CC(C)(Cn1nnnc1-c1ccc(F)cc1N)S(C)(=O)=O. The number of tetrazole rings is 1. The Morgan fingerprint density at radius 1 is 1.38 bits per heavy atom. The van der Waals surface area contributed by atoms with E-state index in [1.165, 1.54) is 16.8 Å². The fourth-order valence-corrected chi connectivity index (χ4v) is 2.08. The fraction of sp³-hybridized carbons (Fsp3) is 0.417. The largest absolute Gasteiger partial charge is 0.398 e. The van der Waals surface area contributed by atoms with Crippen LogP contribution < -0.4 is 5.73 Å². The molecule has 0 bridgehead atoms. The van der Waals surface area contributed by atoms with Crippen molar-refractivity contribution in [2.45, 2.75) is 25.1 Å². The normalized spacial score (nSPS) is 12.6. The number of nitrogens with two attached hydrogens (primary N) is 1. The van der Waals surface area contributed by atoms with E-state index >= 15 is 0 Å². The van der Waals surface area contributed by atoms with Crippen LogP contribution in [0.2, 0.25) is 0 Å². The second kappa shape index (κ2) is 5.06. The number of halogens is 1. The number of rotatable bonds is 4. The number of benzene rings is 1. The van der Waals surface area contributed by atoms with Crippen molar-refractivity contribution < 1.29 is 12.8 Å². The standard InChI is InChI=1S/C12H16FN5O2S/c1-12(2,21(3,19)20)7-18-11(15-16-17-18)9-5-4-8(13)6-10(9)14/h4-6H,7,14H2,1-3H3. The van der Waals surface area contributed by atoms with E-state index in [2.05, 4.69) is 15.5 Å². The van der Waals surface area contributed by atoms with E-state index in [0.717, 1.165) is 12.3 Å². The summed E-state index contributed by atoms with van der Waals surface area (Å²) in [4.78, 5) is 0. The molecule has 2 N–H and O–H groups in total. The zero-order valence-electron chi connectivity index (χ0n) is 11.9. The van der Waals surface area contributed by atoms with Crippen molar-refractivity contribution in [1.82, 2.24) is 20.2 Å². The monoisotopic (exact) mass is 313 g/mol. The maximum atomic E-state index is 13.1. The first-order chi connectivity index (χ1) is 9.62. The van der Waals surface area contributed by atoms with Crippen LogP contribution in [0.5, 0.6) is 0 Å². The average Bonchev–Trinajstić information content (AvgIpc) is 2.75. The smallest absolute Gasteiger partial charge is 0.184 e. The molecule has 0 unspecified atom stereocenters. The maximum absolute atomic E-state index is 13.1. The molecule has 0 saturated heterocycles. The number of hydrogen-bond acceptors (Lipinski definition) is 6. The van der Waals surface area contributed by atoms with Gasteiger partial charge in [0.25, 0.3) is 0 Å². The number of sulfone groups is 1. The van der Waals surface area contributed by atoms with Crippen molar-refractivity contribution >= 4 is 15.5 Å². The Balaban J connectivity index is 2.44. The highest BCUT2D eigenvalue weighted by Gasteiger charge is 2.32. The van der Waals surface area contributed by atoms with Gasteiger partial charge in [-0.25, -0.2) is 17.5 Å². The van der Waals surface area contributed by atoms with Gasteiger partial charge in [0.1, 0.15) is 5.82 Å². The molecule has 0 aliphatic rings. The summed E-state index contributed by atoms with van der Waals surface area (Å²) in [6.07, 6.45) is 1.16. The first kappa shape index (κ1) is 15.4. The zero-order chi connectivity index (χ0) is 15.8. The Kier molecular flexibility index (Phi) is 3.70. The van der Waals surface area contributed by atoms with E-state index in [0.29, 0.717) is 11.4 Å². The highest BCUT2D eigenvalue weighted by atomic mass is 32.2. The van der Waals surface area contributed by atoms with Crippen molar-refractivity contribution in [3.05, 3.63) is 24.0 Å². The first-order valence-corrected chi connectivity index (χ1v) is 8.02. The molecule has 1 aromatic carbocycles. The van der Waals surface area contributed by atoms with Crippen molar-refractivity contribution in [2.24, 2.45) is 0 Å². The minimum absolute atomic E-state index is 0.0605. The summed E-state index contributed by atoms with van der Waals surface area (Å²) in [5.74, 6) is -0.170. The minimum atomic E-state index is -3.30. The number of nitrogen functional groups attached to an aromatic ring is 1. The van der Waals surface area contributed by atoms with Gasteiger partial charge in [-0.1, -0.05) is 0 Å². The van der Waals surface area contributed by atoms with Crippen LogP contribution in [0, 0.1) is 5.82 Å². The first-order valence-electron chi connectivity index (χ1n) is 6.13. The van der Waals surface area contributed by atoms with E-state index in [-0.39, 0.29) is 12.2 Å². The molecule has 1 heterocycles. The molecule has 0 fully saturated rings. The highest BCUT2D eigenvalue weighted by molar-refractivity contribution is 7.92. The summed E-state index contributed by atoms with van der Waals surface area (Å²) in [5, 5.41) is 11.2. The zero-order valence-corrected chi connectivity index (χ0v) is 12.7. The summed E-state index contributed by atoms with van der Waals surface area (Å²) in [6.45, 7) is 3.23. The van der Waals surface area contributed by atoms with Crippen molar-refractivity contribution in [1.29, 1.82) is 0 Å². The van der Waals surface area contributed by atoms with Gasteiger partial charge in [-0.3, -0.25) is 0 Å². The molecule has 0 atom stereocenters. The van der Waals surface area contributed by atoms with Crippen molar-refractivity contribution in [3.8, 4) is 11.4 Å². The molecule has 0 radical (unpaired) electrons. The average molecular weight is 313 g/mol. The molecular weight excluding hydrogens is 297 g/mol. The quantitative estimate of drug-likeness (QED) is 0.840. The highest BCUT2D eigenvalue weighted by Crippen LogP contribution is 2.26. The molecular formula is C12H16FN5O2S. The molecule has 9 heteroatoms. The molecule has 114 valence electrons. The predicted molar refractivity (Wildman–Crippen MR) is 76.5 cm³/mol. The lowest BCUT2D eigenvalue weighted by Gasteiger charge is -2.22. The van der Waals surface area contributed by atoms with Gasteiger partial charge in [0.05, 0.1) is 11.3 Å². The van der Waals surface area contributed by atoms with Gasteiger partial charge in [0.15, 0.2) is 15.7 Å².